The van der Waals surface area contributed by atoms with Gasteiger partial charge in [0.1, 0.15) is 0 Å². The maximum Gasteiger partial charge on any atom is 0.409 e. The number of hydrogen-bond acceptors (Lipinski definition) is 4. The molecule has 24 heavy (non-hydrogen) atoms. The van der Waals surface area contributed by atoms with Crippen molar-refractivity contribution in [3.63, 3.8) is 0 Å². The largest absolute Gasteiger partial charge is 0.409 e. The number of benzene rings is 1. The van der Waals surface area contributed by atoms with Crippen molar-refractivity contribution in [3.05, 3.63) is 35.9 Å². The highest BCUT2D eigenvalue weighted by Crippen LogP contribution is 2.39. The Kier molecular flexibility index (Phi) is 5.57. The fourth-order valence-electron chi connectivity index (χ4n) is 2.58. The van der Waals surface area contributed by atoms with Crippen LogP contribution in [0.25, 0.3) is 0 Å². The summed E-state index contributed by atoms with van der Waals surface area (Å²) in [5.74, 6) is -0.966. The van der Waals surface area contributed by atoms with Gasteiger partial charge in [-0.05, 0) is 54.8 Å². The summed E-state index contributed by atoms with van der Waals surface area (Å²) in [4.78, 5) is 11.9. The van der Waals surface area contributed by atoms with Crippen LogP contribution in [0.3, 0.4) is 0 Å². The van der Waals surface area contributed by atoms with E-state index in [0.29, 0.717) is 12.8 Å². The molecule has 1 aromatic rings. The van der Waals surface area contributed by atoms with E-state index in [0.717, 1.165) is 12.8 Å². The van der Waals surface area contributed by atoms with Gasteiger partial charge in [-0.25, -0.2) is 4.72 Å². The van der Waals surface area contributed by atoms with Crippen LogP contribution < -0.4 is 4.72 Å². The van der Waals surface area contributed by atoms with Crippen LogP contribution in [0.5, 0.6) is 0 Å². The highest BCUT2D eigenvalue weighted by Gasteiger charge is 2.48. The molecule has 1 fully saturated rings. The van der Waals surface area contributed by atoms with E-state index < -0.39 is 26.7 Å². The summed E-state index contributed by atoms with van der Waals surface area (Å²) in [5, 5.41) is 0. The van der Waals surface area contributed by atoms with Crippen molar-refractivity contribution < 1.29 is 22.3 Å². The first-order valence-corrected chi connectivity index (χ1v) is 9.56. The van der Waals surface area contributed by atoms with Crippen molar-refractivity contribution in [3.8, 4) is 0 Å². The SMILES string of the molecule is CC1(C)CCC(OC(F)(Cl)S(=O)(=O)NC(=O)c2ccccc2)CC1. The highest BCUT2D eigenvalue weighted by atomic mass is 35.5. The van der Waals surface area contributed by atoms with Gasteiger partial charge in [-0.1, -0.05) is 32.0 Å². The predicted octanol–water partition coefficient (Wildman–Crippen LogP) is 3.55. The predicted molar refractivity (Wildman–Crippen MR) is 89.6 cm³/mol. The van der Waals surface area contributed by atoms with Crippen LogP contribution in [0.4, 0.5) is 4.39 Å². The molecule has 1 saturated carbocycles. The molecule has 8 heteroatoms. The van der Waals surface area contributed by atoms with Gasteiger partial charge in [0.15, 0.2) is 0 Å². The Morgan fingerprint density at radius 3 is 2.38 bits per heavy atom. The van der Waals surface area contributed by atoms with Gasteiger partial charge in [-0.2, -0.15) is 12.8 Å². The van der Waals surface area contributed by atoms with E-state index in [1.807, 2.05) is 0 Å². The van der Waals surface area contributed by atoms with Gasteiger partial charge >= 0.3 is 14.7 Å². The Balaban J connectivity index is 2.03. The zero-order valence-electron chi connectivity index (χ0n) is 13.6. The molecule has 5 nitrogen and oxygen atoms in total. The molecular formula is C16H21ClFNO4S. The maximum absolute atomic E-state index is 14.5. The van der Waals surface area contributed by atoms with E-state index in [9.17, 15) is 17.6 Å². The van der Waals surface area contributed by atoms with Gasteiger partial charge < -0.3 is 4.74 Å². The fraction of sp³-hybridized carbons (Fsp3) is 0.562. The zero-order valence-corrected chi connectivity index (χ0v) is 15.2. The number of halogens is 2. The molecule has 134 valence electrons. The van der Waals surface area contributed by atoms with Crippen molar-refractivity contribution in [2.45, 2.75) is 50.3 Å². The zero-order chi connectivity index (χ0) is 18.0. The number of hydrogen-bond donors (Lipinski definition) is 1. The van der Waals surface area contributed by atoms with Crippen molar-refractivity contribution in [1.82, 2.24) is 4.72 Å². The van der Waals surface area contributed by atoms with E-state index in [-0.39, 0.29) is 11.0 Å². The lowest BCUT2D eigenvalue weighted by Gasteiger charge is -2.35. The summed E-state index contributed by atoms with van der Waals surface area (Å²) in [7, 11) is -4.86. The van der Waals surface area contributed by atoms with Crippen LogP contribution in [-0.2, 0) is 14.8 Å². The summed E-state index contributed by atoms with van der Waals surface area (Å²) in [5.41, 5.74) is 0.193. The van der Waals surface area contributed by atoms with Gasteiger partial charge in [0.05, 0.1) is 6.10 Å². The van der Waals surface area contributed by atoms with Crippen LogP contribution in [-0.4, -0.2) is 25.1 Å². The Bertz CT molecular complexity index is 681. The van der Waals surface area contributed by atoms with Crippen LogP contribution in [0.2, 0.25) is 0 Å². The Labute approximate surface area is 146 Å². The molecule has 1 aromatic carbocycles. The third-order valence-corrected chi connectivity index (χ3v) is 6.04. The van der Waals surface area contributed by atoms with Gasteiger partial charge in [0, 0.05) is 5.56 Å². The lowest BCUT2D eigenvalue weighted by Crippen LogP contribution is -2.46. The molecular weight excluding hydrogens is 357 g/mol. The third-order valence-electron chi connectivity index (χ3n) is 4.17. The lowest BCUT2D eigenvalue weighted by molar-refractivity contribution is -0.0879. The van der Waals surface area contributed by atoms with Gasteiger partial charge in [0.25, 0.3) is 5.91 Å². The monoisotopic (exact) mass is 377 g/mol. The van der Waals surface area contributed by atoms with Crippen molar-refractivity contribution in [2.24, 2.45) is 5.41 Å². The molecule has 0 aromatic heterocycles. The summed E-state index contributed by atoms with van der Waals surface area (Å²) >= 11 is 5.47. The molecule has 0 spiro atoms. The number of nitrogens with one attached hydrogen (secondary N) is 1. The highest BCUT2D eigenvalue weighted by molar-refractivity contribution is 7.92. The molecule has 0 aliphatic heterocycles. The molecule has 2 rings (SSSR count). The van der Waals surface area contributed by atoms with Crippen molar-refractivity contribution in [1.29, 1.82) is 0 Å². The fourth-order valence-corrected chi connectivity index (χ4v) is 3.56. The average Bonchev–Trinajstić information content (AvgIpc) is 2.49. The Hall–Kier alpha value is -1.18. The number of sulfonamides is 1. The van der Waals surface area contributed by atoms with E-state index in [1.54, 1.807) is 22.9 Å². The maximum atomic E-state index is 14.5. The first kappa shape index (κ1) is 19.1. The summed E-state index contributed by atoms with van der Waals surface area (Å²) < 4.78 is 41.7. The molecule has 1 amide bonds. The topological polar surface area (TPSA) is 72.5 Å². The smallest absolute Gasteiger partial charge is 0.317 e. The Morgan fingerprint density at radius 1 is 1.29 bits per heavy atom. The minimum atomic E-state index is -4.86. The molecule has 0 saturated heterocycles. The second-order valence-electron chi connectivity index (χ2n) is 6.75. The minimum Gasteiger partial charge on any atom is -0.317 e. The van der Waals surface area contributed by atoms with Crippen molar-refractivity contribution >= 4 is 27.5 Å². The summed E-state index contributed by atoms with van der Waals surface area (Å²) in [6.07, 6.45) is 1.97. The quantitative estimate of drug-likeness (QED) is 0.796. The number of alkyl halides is 2. The number of carbonyl (C=O) groups is 1. The second kappa shape index (κ2) is 6.98. The summed E-state index contributed by atoms with van der Waals surface area (Å²) in [6.45, 7) is 4.17. The third kappa shape index (κ3) is 4.68. The first-order valence-electron chi connectivity index (χ1n) is 7.70. The molecule has 0 bridgehead atoms. The number of rotatable bonds is 5. The summed E-state index contributed by atoms with van der Waals surface area (Å²) in [6, 6.07) is 7.60. The number of ether oxygens (including phenoxy) is 1. The molecule has 0 heterocycles. The molecule has 0 radical (unpaired) electrons. The standard InChI is InChI=1S/C16H21ClFNO4S/c1-15(2)10-8-13(9-11-15)23-16(17,18)24(21,22)19-14(20)12-6-4-3-5-7-12/h3-7,13H,8-11H2,1-2H3,(H,19,20). The lowest BCUT2D eigenvalue weighted by atomic mass is 9.76. The van der Waals surface area contributed by atoms with Gasteiger partial charge in [-0.15, -0.1) is 0 Å². The Morgan fingerprint density at radius 2 is 1.83 bits per heavy atom. The van der Waals surface area contributed by atoms with Gasteiger partial charge in [0.2, 0.25) is 0 Å². The van der Waals surface area contributed by atoms with Crippen LogP contribution in [0.15, 0.2) is 30.3 Å². The van der Waals surface area contributed by atoms with E-state index >= 15 is 0 Å². The van der Waals surface area contributed by atoms with E-state index in [4.69, 9.17) is 16.3 Å². The van der Waals surface area contributed by atoms with Crippen LogP contribution in [0, 0.1) is 5.41 Å². The minimum absolute atomic E-state index is 0.0768. The molecule has 1 N–H and O–H groups in total. The molecule has 1 aliphatic rings. The number of amides is 1. The molecule has 1 aliphatic carbocycles. The normalized spacial score (nSPS) is 21.0. The molecule has 1 atom stereocenters. The van der Waals surface area contributed by atoms with E-state index in [1.165, 1.54) is 12.1 Å². The number of carbonyl (C=O) groups excluding carboxylic acids is 1. The van der Waals surface area contributed by atoms with Crippen LogP contribution >= 0.6 is 11.6 Å². The van der Waals surface area contributed by atoms with Crippen molar-refractivity contribution in [2.75, 3.05) is 0 Å². The van der Waals surface area contributed by atoms with E-state index in [2.05, 4.69) is 13.8 Å². The first-order chi connectivity index (χ1) is 11.0. The second-order valence-corrected chi connectivity index (χ2v) is 9.19. The average molecular weight is 378 g/mol. The van der Waals surface area contributed by atoms with Gasteiger partial charge in [-0.3, -0.25) is 4.79 Å². The molecule has 1 unspecified atom stereocenters. The van der Waals surface area contributed by atoms with Crippen LogP contribution in [0.1, 0.15) is 49.9 Å².